The van der Waals surface area contributed by atoms with Gasteiger partial charge in [-0.25, -0.2) is 0 Å². The quantitative estimate of drug-likeness (QED) is 0.0609. The van der Waals surface area contributed by atoms with Crippen molar-refractivity contribution in [2.45, 2.75) is 253 Å². The van der Waals surface area contributed by atoms with Gasteiger partial charge in [0.1, 0.15) is 0 Å². The summed E-state index contributed by atoms with van der Waals surface area (Å²) in [6.45, 7) is 15.9. The summed E-state index contributed by atoms with van der Waals surface area (Å²) in [6.07, 6.45) is 49.7. The Morgan fingerprint density at radius 1 is 0.267 bits per heavy atom. The molecule has 0 saturated heterocycles. The summed E-state index contributed by atoms with van der Waals surface area (Å²) >= 11 is 0. The molecule has 0 spiro atoms. The van der Waals surface area contributed by atoms with Crippen molar-refractivity contribution in [1.29, 1.82) is 0 Å². The van der Waals surface area contributed by atoms with E-state index in [1.165, 1.54) is 238 Å². The minimum Gasteiger partial charge on any atom is -0.303 e. The number of hydrogen-bond acceptors (Lipinski definition) is 1. The molecule has 0 radical (unpaired) electrons. The molecule has 0 amide bonds. The van der Waals surface area contributed by atoms with Crippen LogP contribution in [0.15, 0.2) is 0 Å². The molecule has 0 aliphatic rings. The van der Waals surface area contributed by atoms with E-state index in [9.17, 15) is 0 Å². The van der Waals surface area contributed by atoms with Gasteiger partial charge in [0.2, 0.25) is 0 Å². The maximum absolute atomic E-state index is 2.86. The average molecular weight is 634 g/mol. The SMILES string of the molecule is CCCCCCCCCCCCCCCCCCN(CCCCCCCCCCC(C)C)CCCCCCCCCCC(C)C. The lowest BCUT2D eigenvalue weighted by atomic mass is 10.0. The third-order valence-electron chi connectivity index (χ3n) is 10.3. The van der Waals surface area contributed by atoms with Crippen LogP contribution >= 0.6 is 0 Å². The van der Waals surface area contributed by atoms with Gasteiger partial charge in [-0.3, -0.25) is 0 Å². The molecule has 1 nitrogen and oxygen atoms in total. The monoisotopic (exact) mass is 634 g/mol. The zero-order valence-corrected chi connectivity index (χ0v) is 32.8. The molecule has 0 aliphatic heterocycles. The zero-order valence-electron chi connectivity index (χ0n) is 32.8. The summed E-state index contributed by atoms with van der Waals surface area (Å²) in [5.41, 5.74) is 0. The second-order valence-corrected chi connectivity index (χ2v) is 16.2. The van der Waals surface area contributed by atoms with E-state index in [1.807, 2.05) is 0 Å². The van der Waals surface area contributed by atoms with Crippen LogP contribution in [0, 0.1) is 11.8 Å². The number of hydrogen-bond donors (Lipinski definition) is 0. The first-order valence-electron chi connectivity index (χ1n) is 21.8. The third-order valence-corrected chi connectivity index (χ3v) is 10.3. The van der Waals surface area contributed by atoms with Crippen LogP contribution in [0.5, 0.6) is 0 Å². The van der Waals surface area contributed by atoms with Crippen LogP contribution in [0.1, 0.15) is 253 Å². The lowest BCUT2D eigenvalue weighted by Crippen LogP contribution is -2.27. The van der Waals surface area contributed by atoms with E-state index in [2.05, 4.69) is 39.5 Å². The van der Waals surface area contributed by atoms with E-state index < -0.39 is 0 Å². The fraction of sp³-hybridized carbons (Fsp3) is 1.00. The van der Waals surface area contributed by atoms with E-state index >= 15 is 0 Å². The van der Waals surface area contributed by atoms with Crippen LogP contribution in [0.25, 0.3) is 0 Å². The van der Waals surface area contributed by atoms with Gasteiger partial charge in [0.25, 0.3) is 0 Å². The van der Waals surface area contributed by atoms with Crippen molar-refractivity contribution in [1.82, 2.24) is 4.90 Å². The molecule has 0 N–H and O–H groups in total. The summed E-state index contributed by atoms with van der Waals surface area (Å²) in [5.74, 6) is 1.77. The van der Waals surface area contributed by atoms with Gasteiger partial charge in [-0.15, -0.1) is 0 Å². The molecule has 1 heteroatoms. The van der Waals surface area contributed by atoms with Crippen LogP contribution in [0.4, 0.5) is 0 Å². The van der Waals surface area contributed by atoms with Gasteiger partial charge in [0.15, 0.2) is 0 Å². The molecule has 0 aromatic carbocycles. The summed E-state index contributed by atoms with van der Waals surface area (Å²) in [5, 5.41) is 0. The van der Waals surface area contributed by atoms with E-state index in [4.69, 9.17) is 0 Å². The van der Waals surface area contributed by atoms with Gasteiger partial charge in [-0.1, -0.05) is 234 Å². The maximum Gasteiger partial charge on any atom is -0.00187 e. The van der Waals surface area contributed by atoms with E-state index in [0.717, 1.165) is 11.8 Å². The van der Waals surface area contributed by atoms with Crippen LogP contribution in [0.2, 0.25) is 0 Å². The minimum absolute atomic E-state index is 0.886. The molecule has 272 valence electrons. The first-order valence-corrected chi connectivity index (χ1v) is 21.8. The Kier molecular flexibility index (Phi) is 38.4. The molecule has 0 aromatic rings. The van der Waals surface area contributed by atoms with Crippen molar-refractivity contribution in [3.63, 3.8) is 0 Å². The molecule has 0 bridgehead atoms. The van der Waals surface area contributed by atoms with Crippen molar-refractivity contribution in [3.05, 3.63) is 0 Å². The van der Waals surface area contributed by atoms with Gasteiger partial charge in [-0.2, -0.15) is 0 Å². The Bertz CT molecular complexity index is 483. The minimum atomic E-state index is 0.886. The molecular weight excluding hydrogens is 542 g/mol. The molecule has 0 saturated carbocycles. The zero-order chi connectivity index (χ0) is 32.9. The Labute approximate surface area is 288 Å². The van der Waals surface area contributed by atoms with Crippen molar-refractivity contribution in [3.8, 4) is 0 Å². The number of unbranched alkanes of at least 4 members (excludes halogenated alkanes) is 29. The molecule has 0 atom stereocenters. The summed E-state index contributed by atoms with van der Waals surface area (Å²) < 4.78 is 0. The second kappa shape index (κ2) is 38.4. The van der Waals surface area contributed by atoms with Gasteiger partial charge in [0, 0.05) is 0 Å². The van der Waals surface area contributed by atoms with Gasteiger partial charge < -0.3 is 4.90 Å². The van der Waals surface area contributed by atoms with Crippen LogP contribution in [0.3, 0.4) is 0 Å². The fourth-order valence-corrected chi connectivity index (χ4v) is 7.12. The molecule has 0 aromatic heterocycles. The van der Waals surface area contributed by atoms with Gasteiger partial charge in [0.05, 0.1) is 0 Å². The fourth-order valence-electron chi connectivity index (χ4n) is 7.12. The highest BCUT2D eigenvalue weighted by molar-refractivity contribution is 4.61. The summed E-state index contributed by atoms with van der Waals surface area (Å²) in [7, 11) is 0. The maximum atomic E-state index is 2.86. The molecule has 0 fully saturated rings. The second-order valence-electron chi connectivity index (χ2n) is 16.2. The highest BCUT2D eigenvalue weighted by Crippen LogP contribution is 2.16. The third kappa shape index (κ3) is 40.1. The normalized spacial score (nSPS) is 12.0. The smallest absolute Gasteiger partial charge is 0.00187 e. The Hall–Kier alpha value is -0.0400. The van der Waals surface area contributed by atoms with Crippen molar-refractivity contribution < 1.29 is 0 Å². The van der Waals surface area contributed by atoms with Gasteiger partial charge >= 0.3 is 0 Å². The van der Waals surface area contributed by atoms with Crippen LogP contribution < -0.4 is 0 Å². The Morgan fingerprint density at radius 3 is 0.689 bits per heavy atom. The highest BCUT2D eigenvalue weighted by Gasteiger charge is 2.06. The summed E-state index contributed by atoms with van der Waals surface area (Å²) in [6, 6.07) is 0. The topological polar surface area (TPSA) is 3.24 Å². The van der Waals surface area contributed by atoms with Crippen LogP contribution in [-0.2, 0) is 0 Å². The molecule has 0 rings (SSSR count). The predicted molar refractivity (Wildman–Crippen MR) is 209 cm³/mol. The lowest BCUT2D eigenvalue weighted by molar-refractivity contribution is 0.254. The van der Waals surface area contributed by atoms with Crippen LogP contribution in [-0.4, -0.2) is 24.5 Å². The Morgan fingerprint density at radius 2 is 0.467 bits per heavy atom. The van der Waals surface area contributed by atoms with Crippen molar-refractivity contribution >= 4 is 0 Å². The molecule has 0 heterocycles. The average Bonchev–Trinajstić information content (AvgIpc) is 3.01. The molecule has 0 unspecified atom stereocenters. The van der Waals surface area contributed by atoms with E-state index in [0.29, 0.717) is 0 Å². The van der Waals surface area contributed by atoms with Crippen molar-refractivity contribution in [2.75, 3.05) is 19.6 Å². The van der Waals surface area contributed by atoms with Gasteiger partial charge in [-0.05, 0) is 50.7 Å². The standard InChI is InChI=1S/C44H91N/c1-6-7-8-9-10-11-12-13-14-15-16-17-20-25-30-35-40-45(41-36-31-26-21-18-23-28-33-38-43(2)3)42-37-32-27-22-19-24-29-34-39-44(4)5/h43-44H,6-42H2,1-5H3. The number of rotatable bonds is 39. The highest BCUT2D eigenvalue weighted by atomic mass is 15.1. The Balaban J connectivity index is 3.89. The first kappa shape index (κ1) is 45.0. The van der Waals surface area contributed by atoms with Crippen molar-refractivity contribution in [2.24, 2.45) is 11.8 Å². The van der Waals surface area contributed by atoms with E-state index in [1.54, 1.807) is 0 Å². The lowest BCUT2D eigenvalue weighted by Gasteiger charge is -2.22. The summed E-state index contributed by atoms with van der Waals surface area (Å²) in [4.78, 5) is 2.86. The largest absolute Gasteiger partial charge is 0.303 e. The molecule has 45 heavy (non-hydrogen) atoms. The first-order chi connectivity index (χ1) is 22.1. The van der Waals surface area contributed by atoms with E-state index in [-0.39, 0.29) is 0 Å². The number of nitrogens with zero attached hydrogens (tertiary/aromatic N) is 1. The predicted octanol–water partition coefficient (Wildman–Crippen LogP) is 15.9. The molecule has 0 aliphatic carbocycles. The molecular formula is C44H91N.